The summed E-state index contributed by atoms with van der Waals surface area (Å²) in [6, 6.07) is 0.457. The van der Waals surface area contributed by atoms with Gasteiger partial charge in [0.25, 0.3) is 0 Å². The Hall–Kier alpha value is -0.450. The largest absolute Gasteiger partial charge is 0.389 e. The Morgan fingerprint density at radius 3 is 3.00 bits per heavy atom. The van der Waals surface area contributed by atoms with Crippen molar-refractivity contribution in [3.05, 3.63) is 16.1 Å². The number of nitrogens with zero attached hydrogens (tertiary/aromatic N) is 1. The molecule has 1 atom stereocenters. The van der Waals surface area contributed by atoms with Crippen molar-refractivity contribution in [1.82, 2.24) is 10.3 Å². The lowest BCUT2D eigenvalue weighted by atomic mass is 10.2. The van der Waals surface area contributed by atoms with Crippen molar-refractivity contribution in [3.63, 3.8) is 0 Å². The normalized spacial score (nSPS) is 13.2. The zero-order chi connectivity index (χ0) is 9.68. The molecule has 4 heteroatoms. The summed E-state index contributed by atoms with van der Waals surface area (Å²) in [5.74, 6) is 0. The van der Waals surface area contributed by atoms with Gasteiger partial charge in [-0.05, 0) is 13.5 Å². The minimum absolute atomic E-state index is 0.0558. The van der Waals surface area contributed by atoms with Crippen LogP contribution in [0.5, 0.6) is 0 Å². The van der Waals surface area contributed by atoms with E-state index in [9.17, 15) is 0 Å². The average Bonchev–Trinajstić information content (AvgIpc) is 2.52. The van der Waals surface area contributed by atoms with E-state index in [0.29, 0.717) is 6.04 Å². The second-order valence-corrected chi connectivity index (χ2v) is 4.00. The lowest BCUT2D eigenvalue weighted by Gasteiger charge is -2.09. The maximum Gasteiger partial charge on any atom is 0.118 e. The molecule has 0 radical (unpaired) electrons. The highest BCUT2D eigenvalue weighted by Gasteiger charge is 2.05. The van der Waals surface area contributed by atoms with Crippen LogP contribution in [0.3, 0.4) is 0 Å². The molecule has 0 amide bonds. The second kappa shape index (κ2) is 5.32. The quantitative estimate of drug-likeness (QED) is 0.750. The Kier molecular flexibility index (Phi) is 4.35. The van der Waals surface area contributed by atoms with E-state index in [4.69, 9.17) is 5.11 Å². The van der Waals surface area contributed by atoms with Crippen molar-refractivity contribution in [1.29, 1.82) is 0 Å². The molecule has 0 aliphatic heterocycles. The van der Waals surface area contributed by atoms with Crippen molar-refractivity contribution in [2.45, 2.75) is 32.9 Å². The number of hydrogen-bond donors (Lipinski definition) is 2. The minimum Gasteiger partial charge on any atom is -0.389 e. The number of aliphatic hydroxyl groups excluding tert-OH is 1. The molecule has 0 aromatic carbocycles. The summed E-state index contributed by atoms with van der Waals surface area (Å²) >= 11 is 1.52. The molecule has 0 aliphatic rings. The molecule has 0 spiro atoms. The molecular formula is C9H16N2OS. The molecular weight excluding hydrogens is 184 g/mol. The molecule has 0 saturated heterocycles. The van der Waals surface area contributed by atoms with Crippen LogP contribution in [-0.2, 0) is 13.0 Å². The molecule has 74 valence electrons. The van der Waals surface area contributed by atoms with Crippen molar-refractivity contribution in [2.75, 3.05) is 6.54 Å². The number of likely N-dealkylation sites (N-methyl/N-ethyl adjacent to an activating group) is 1. The van der Waals surface area contributed by atoms with E-state index in [2.05, 4.69) is 24.1 Å². The fraction of sp³-hybridized carbons (Fsp3) is 0.667. The van der Waals surface area contributed by atoms with Crippen LogP contribution in [0.25, 0.3) is 0 Å². The summed E-state index contributed by atoms with van der Waals surface area (Å²) in [6.45, 7) is 5.27. The first-order chi connectivity index (χ1) is 6.26. The third-order valence-electron chi connectivity index (χ3n) is 1.80. The number of rotatable bonds is 5. The molecule has 0 fully saturated rings. The van der Waals surface area contributed by atoms with Gasteiger partial charge in [0.2, 0.25) is 0 Å². The SMILES string of the molecule is CCNC(C)Cc1csc(CO)n1. The zero-order valence-electron chi connectivity index (χ0n) is 8.08. The van der Waals surface area contributed by atoms with E-state index >= 15 is 0 Å². The molecule has 0 saturated carbocycles. The first kappa shape index (κ1) is 10.6. The van der Waals surface area contributed by atoms with Gasteiger partial charge in [-0.25, -0.2) is 4.98 Å². The molecule has 0 bridgehead atoms. The van der Waals surface area contributed by atoms with E-state index in [-0.39, 0.29) is 6.61 Å². The molecule has 13 heavy (non-hydrogen) atoms. The molecule has 1 heterocycles. The smallest absolute Gasteiger partial charge is 0.118 e. The van der Waals surface area contributed by atoms with Crippen LogP contribution in [0.15, 0.2) is 5.38 Å². The highest BCUT2D eigenvalue weighted by molar-refractivity contribution is 7.09. The average molecular weight is 200 g/mol. The summed E-state index contributed by atoms with van der Waals surface area (Å²) in [4.78, 5) is 4.28. The Morgan fingerprint density at radius 2 is 2.46 bits per heavy atom. The first-order valence-electron chi connectivity index (χ1n) is 4.53. The van der Waals surface area contributed by atoms with Gasteiger partial charge in [-0.15, -0.1) is 11.3 Å². The van der Waals surface area contributed by atoms with E-state index in [1.807, 2.05) is 5.38 Å². The van der Waals surface area contributed by atoms with Gasteiger partial charge in [-0.3, -0.25) is 0 Å². The van der Waals surface area contributed by atoms with Gasteiger partial charge in [-0.2, -0.15) is 0 Å². The predicted octanol–water partition coefficient (Wildman–Crippen LogP) is 1.18. The van der Waals surface area contributed by atoms with Crippen LogP contribution in [0.2, 0.25) is 0 Å². The van der Waals surface area contributed by atoms with Gasteiger partial charge in [-0.1, -0.05) is 6.92 Å². The molecule has 1 unspecified atom stereocenters. The van der Waals surface area contributed by atoms with Crippen LogP contribution in [0.4, 0.5) is 0 Å². The maximum absolute atomic E-state index is 8.82. The van der Waals surface area contributed by atoms with Gasteiger partial charge < -0.3 is 10.4 Å². The highest BCUT2D eigenvalue weighted by Crippen LogP contribution is 2.10. The van der Waals surface area contributed by atoms with E-state index in [1.54, 1.807) is 0 Å². The molecule has 0 aliphatic carbocycles. The molecule has 2 N–H and O–H groups in total. The van der Waals surface area contributed by atoms with Crippen LogP contribution < -0.4 is 5.32 Å². The van der Waals surface area contributed by atoms with Crippen molar-refractivity contribution >= 4 is 11.3 Å². The number of aliphatic hydroxyl groups is 1. The zero-order valence-corrected chi connectivity index (χ0v) is 8.90. The lowest BCUT2D eigenvalue weighted by molar-refractivity contribution is 0.281. The number of nitrogens with one attached hydrogen (secondary N) is 1. The number of hydrogen-bond acceptors (Lipinski definition) is 4. The summed E-state index contributed by atoms with van der Waals surface area (Å²) in [6.07, 6.45) is 0.935. The fourth-order valence-corrected chi connectivity index (χ4v) is 1.92. The molecule has 1 rings (SSSR count). The van der Waals surface area contributed by atoms with Gasteiger partial charge >= 0.3 is 0 Å². The minimum atomic E-state index is 0.0558. The summed E-state index contributed by atoms with van der Waals surface area (Å²) in [7, 11) is 0. The Labute approximate surface area is 82.8 Å². The maximum atomic E-state index is 8.82. The van der Waals surface area contributed by atoms with Crippen LogP contribution in [0, 0.1) is 0 Å². The van der Waals surface area contributed by atoms with Crippen molar-refractivity contribution in [3.8, 4) is 0 Å². The van der Waals surface area contributed by atoms with Crippen LogP contribution in [-0.4, -0.2) is 22.7 Å². The van der Waals surface area contributed by atoms with Crippen molar-refractivity contribution in [2.24, 2.45) is 0 Å². The van der Waals surface area contributed by atoms with E-state index < -0.39 is 0 Å². The standard InChI is InChI=1S/C9H16N2OS/c1-3-10-7(2)4-8-6-13-9(5-12)11-8/h6-7,10,12H,3-5H2,1-2H3. The second-order valence-electron chi connectivity index (χ2n) is 3.05. The summed E-state index contributed by atoms with van der Waals surface area (Å²) in [5.41, 5.74) is 1.07. The topological polar surface area (TPSA) is 45.1 Å². The third kappa shape index (κ3) is 3.42. The first-order valence-corrected chi connectivity index (χ1v) is 5.41. The van der Waals surface area contributed by atoms with Crippen LogP contribution >= 0.6 is 11.3 Å². The van der Waals surface area contributed by atoms with Crippen LogP contribution in [0.1, 0.15) is 24.5 Å². The lowest BCUT2D eigenvalue weighted by Crippen LogP contribution is -2.27. The van der Waals surface area contributed by atoms with Gasteiger partial charge in [0, 0.05) is 17.8 Å². The highest BCUT2D eigenvalue weighted by atomic mass is 32.1. The summed E-state index contributed by atoms with van der Waals surface area (Å²) in [5, 5.41) is 15.0. The molecule has 1 aromatic rings. The fourth-order valence-electron chi connectivity index (χ4n) is 1.25. The number of aromatic nitrogens is 1. The predicted molar refractivity (Wildman–Crippen MR) is 54.9 cm³/mol. The number of thiazole rings is 1. The van der Waals surface area contributed by atoms with E-state index in [1.165, 1.54) is 11.3 Å². The molecule has 1 aromatic heterocycles. The Morgan fingerprint density at radius 1 is 1.69 bits per heavy atom. The van der Waals surface area contributed by atoms with Crippen molar-refractivity contribution < 1.29 is 5.11 Å². The third-order valence-corrected chi connectivity index (χ3v) is 2.68. The molecule has 3 nitrogen and oxygen atoms in total. The van der Waals surface area contributed by atoms with Gasteiger partial charge in [0.1, 0.15) is 5.01 Å². The van der Waals surface area contributed by atoms with E-state index in [0.717, 1.165) is 23.7 Å². The van der Waals surface area contributed by atoms with Gasteiger partial charge in [0.15, 0.2) is 0 Å². The monoisotopic (exact) mass is 200 g/mol. The Balaban J connectivity index is 2.44. The van der Waals surface area contributed by atoms with Gasteiger partial charge in [0.05, 0.1) is 12.3 Å². The Bertz CT molecular complexity index is 250. The summed E-state index contributed by atoms with van der Waals surface area (Å²) < 4.78 is 0.